The second kappa shape index (κ2) is 11.1. The smallest absolute Gasteiger partial charge is 0.305 e. The summed E-state index contributed by atoms with van der Waals surface area (Å²) in [5, 5.41) is 0. The molecule has 0 amide bonds. The van der Waals surface area contributed by atoms with Crippen LogP contribution in [0.4, 0.5) is 0 Å². The van der Waals surface area contributed by atoms with Crippen molar-refractivity contribution in [2.24, 2.45) is 0 Å². The fraction of sp³-hybridized carbons (Fsp3) is 0.269. The van der Waals surface area contributed by atoms with Gasteiger partial charge < -0.3 is 14.2 Å². The average Bonchev–Trinajstić information content (AvgIpc) is 2.81. The number of carbonyl (C=O) groups is 1. The first-order valence-corrected chi connectivity index (χ1v) is 10.2. The normalized spacial score (nSPS) is 11.5. The van der Waals surface area contributed by atoms with Crippen LogP contribution in [0.15, 0.2) is 78.9 Å². The van der Waals surface area contributed by atoms with Crippen LogP contribution in [0.25, 0.3) is 0 Å². The molecule has 0 heterocycles. The van der Waals surface area contributed by atoms with Crippen molar-refractivity contribution in [3.8, 4) is 11.5 Å². The molecule has 3 aromatic carbocycles. The van der Waals surface area contributed by atoms with Gasteiger partial charge in [-0.1, -0.05) is 61.5 Å². The highest BCUT2D eigenvalue weighted by Crippen LogP contribution is 2.20. The van der Waals surface area contributed by atoms with E-state index in [2.05, 4.69) is 35.9 Å². The summed E-state index contributed by atoms with van der Waals surface area (Å²) < 4.78 is 16.6. The molecule has 0 aromatic heterocycles. The van der Waals surface area contributed by atoms with Crippen LogP contribution in [0.3, 0.4) is 0 Å². The van der Waals surface area contributed by atoms with Gasteiger partial charge >= 0.3 is 5.97 Å². The second-order valence-electron chi connectivity index (χ2n) is 7.28. The van der Waals surface area contributed by atoms with Crippen LogP contribution in [-0.2, 0) is 22.6 Å². The summed E-state index contributed by atoms with van der Waals surface area (Å²) in [6.45, 7) is 3.26. The SMILES string of the molecule is COC(=O)CCc1ccc(OCc2cccc(OCC(C)c3ccccc3)c2)cc1. The van der Waals surface area contributed by atoms with E-state index in [0.717, 1.165) is 22.6 Å². The van der Waals surface area contributed by atoms with Crippen LogP contribution in [0.2, 0.25) is 0 Å². The quantitative estimate of drug-likeness (QED) is 0.415. The van der Waals surface area contributed by atoms with Crippen LogP contribution in [-0.4, -0.2) is 19.7 Å². The van der Waals surface area contributed by atoms with Crippen molar-refractivity contribution >= 4 is 5.97 Å². The first-order valence-electron chi connectivity index (χ1n) is 10.2. The molecule has 156 valence electrons. The Labute approximate surface area is 178 Å². The Morgan fingerprint density at radius 1 is 0.833 bits per heavy atom. The molecule has 0 N–H and O–H groups in total. The highest BCUT2D eigenvalue weighted by molar-refractivity contribution is 5.69. The summed E-state index contributed by atoms with van der Waals surface area (Å²) in [6.07, 6.45) is 1.04. The van der Waals surface area contributed by atoms with Crippen molar-refractivity contribution in [3.63, 3.8) is 0 Å². The molecule has 1 atom stereocenters. The molecule has 30 heavy (non-hydrogen) atoms. The lowest BCUT2D eigenvalue weighted by atomic mass is 10.0. The summed E-state index contributed by atoms with van der Waals surface area (Å²) >= 11 is 0. The molecule has 0 fully saturated rings. The third-order valence-electron chi connectivity index (χ3n) is 4.94. The van der Waals surface area contributed by atoms with E-state index in [-0.39, 0.29) is 5.97 Å². The maximum absolute atomic E-state index is 11.2. The monoisotopic (exact) mass is 404 g/mol. The van der Waals surface area contributed by atoms with Gasteiger partial charge in [0.2, 0.25) is 0 Å². The van der Waals surface area contributed by atoms with Gasteiger partial charge in [0.1, 0.15) is 18.1 Å². The molecular formula is C26H28O4. The predicted molar refractivity (Wildman–Crippen MR) is 118 cm³/mol. The molecule has 0 radical (unpaired) electrons. The number of esters is 1. The van der Waals surface area contributed by atoms with Crippen LogP contribution in [0, 0.1) is 0 Å². The Morgan fingerprint density at radius 3 is 2.33 bits per heavy atom. The van der Waals surface area contributed by atoms with E-state index in [1.54, 1.807) is 0 Å². The van der Waals surface area contributed by atoms with Crippen LogP contribution < -0.4 is 9.47 Å². The molecule has 0 saturated carbocycles. The molecule has 0 bridgehead atoms. The maximum Gasteiger partial charge on any atom is 0.305 e. The molecule has 0 aliphatic heterocycles. The molecule has 0 aliphatic carbocycles. The average molecular weight is 405 g/mol. The van der Waals surface area contributed by atoms with Crippen LogP contribution >= 0.6 is 0 Å². The van der Waals surface area contributed by atoms with Crippen molar-refractivity contribution in [2.75, 3.05) is 13.7 Å². The third kappa shape index (κ3) is 6.66. The summed E-state index contributed by atoms with van der Waals surface area (Å²) in [5.41, 5.74) is 3.40. The van der Waals surface area contributed by atoms with Gasteiger partial charge in [-0.25, -0.2) is 0 Å². The molecule has 4 heteroatoms. The minimum atomic E-state index is -0.199. The topological polar surface area (TPSA) is 44.8 Å². The zero-order chi connectivity index (χ0) is 21.2. The van der Waals surface area contributed by atoms with Crippen LogP contribution in [0.1, 0.15) is 36.0 Å². The van der Waals surface area contributed by atoms with E-state index in [9.17, 15) is 4.79 Å². The van der Waals surface area contributed by atoms with Gasteiger partial charge in [-0.3, -0.25) is 4.79 Å². The molecule has 4 nitrogen and oxygen atoms in total. The lowest BCUT2D eigenvalue weighted by Gasteiger charge is -2.14. The molecular weight excluding hydrogens is 376 g/mol. The lowest BCUT2D eigenvalue weighted by Crippen LogP contribution is -2.07. The number of aryl methyl sites for hydroxylation is 1. The fourth-order valence-electron chi connectivity index (χ4n) is 3.09. The summed E-state index contributed by atoms with van der Waals surface area (Å²) in [7, 11) is 1.41. The van der Waals surface area contributed by atoms with Crippen molar-refractivity contribution in [1.82, 2.24) is 0 Å². The van der Waals surface area contributed by atoms with E-state index in [1.807, 2.05) is 54.6 Å². The van der Waals surface area contributed by atoms with E-state index >= 15 is 0 Å². The van der Waals surface area contributed by atoms with Gasteiger partial charge in [-0.05, 0) is 47.4 Å². The fourth-order valence-corrected chi connectivity index (χ4v) is 3.09. The maximum atomic E-state index is 11.2. The first kappa shape index (κ1) is 21.4. The Bertz CT molecular complexity index is 919. The van der Waals surface area contributed by atoms with Crippen molar-refractivity contribution in [1.29, 1.82) is 0 Å². The number of benzene rings is 3. The van der Waals surface area contributed by atoms with Crippen molar-refractivity contribution in [2.45, 2.75) is 32.3 Å². The largest absolute Gasteiger partial charge is 0.493 e. The number of hydrogen-bond acceptors (Lipinski definition) is 4. The van der Waals surface area contributed by atoms with Gasteiger partial charge in [0, 0.05) is 12.3 Å². The number of rotatable bonds is 10. The summed E-state index contributed by atoms with van der Waals surface area (Å²) in [5.74, 6) is 1.76. The Balaban J connectivity index is 1.48. The van der Waals surface area contributed by atoms with Crippen LogP contribution in [0.5, 0.6) is 11.5 Å². The van der Waals surface area contributed by atoms with Gasteiger partial charge in [0.05, 0.1) is 13.7 Å². The minimum Gasteiger partial charge on any atom is -0.493 e. The summed E-state index contributed by atoms with van der Waals surface area (Å²) in [6, 6.07) is 26.2. The molecule has 0 aliphatic rings. The highest BCUT2D eigenvalue weighted by Gasteiger charge is 2.07. The lowest BCUT2D eigenvalue weighted by molar-refractivity contribution is -0.140. The van der Waals surface area contributed by atoms with E-state index < -0.39 is 0 Å². The number of methoxy groups -OCH3 is 1. The highest BCUT2D eigenvalue weighted by atomic mass is 16.5. The third-order valence-corrected chi connectivity index (χ3v) is 4.94. The standard InChI is InChI=1S/C26H28O4/c1-20(23-8-4-3-5-9-23)18-29-25-10-6-7-22(17-25)19-30-24-14-11-21(12-15-24)13-16-26(27)28-2/h3-12,14-15,17,20H,13,16,18-19H2,1-2H3. The van der Waals surface area contributed by atoms with Gasteiger partial charge in [-0.2, -0.15) is 0 Å². The molecule has 0 saturated heterocycles. The number of ether oxygens (including phenoxy) is 3. The Kier molecular flexibility index (Phi) is 7.90. The minimum absolute atomic E-state index is 0.199. The number of carbonyl (C=O) groups excluding carboxylic acids is 1. The van der Waals surface area contributed by atoms with Crippen molar-refractivity contribution < 1.29 is 19.0 Å². The molecule has 3 rings (SSSR count). The van der Waals surface area contributed by atoms with Crippen molar-refractivity contribution in [3.05, 3.63) is 95.6 Å². The van der Waals surface area contributed by atoms with Gasteiger partial charge in [0.15, 0.2) is 0 Å². The molecule has 3 aromatic rings. The van der Waals surface area contributed by atoms with E-state index in [4.69, 9.17) is 9.47 Å². The zero-order valence-electron chi connectivity index (χ0n) is 17.5. The molecule has 1 unspecified atom stereocenters. The second-order valence-corrected chi connectivity index (χ2v) is 7.28. The zero-order valence-corrected chi connectivity index (χ0v) is 17.5. The first-order chi connectivity index (χ1) is 14.6. The van der Waals surface area contributed by atoms with Gasteiger partial charge in [-0.15, -0.1) is 0 Å². The summed E-state index contributed by atoms with van der Waals surface area (Å²) in [4.78, 5) is 11.2. The van der Waals surface area contributed by atoms with E-state index in [0.29, 0.717) is 32.0 Å². The predicted octanol–water partition coefficient (Wildman–Crippen LogP) is 5.55. The Hall–Kier alpha value is -3.27. The molecule has 0 spiro atoms. The number of hydrogen-bond donors (Lipinski definition) is 0. The van der Waals surface area contributed by atoms with Gasteiger partial charge in [0.25, 0.3) is 0 Å². The van der Waals surface area contributed by atoms with E-state index in [1.165, 1.54) is 12.7 Å². The Morgan fingerprint density at radius 2 is 1.60 bits per heavy atom.